The molecule has 4 rings (SSSR count). The van der Waals surface area contributed by atoms with Crippen molar-refractivity contribution in [1.82, 2.24) is 19.7 Å². The predicted octanol–water partition coefficient (Wildman–Crippen LogP) is 3.48. The van der Waals surface area contributed by atoms with Gasteiger partial charge in [-0.1, -0.05) is 17.7 Å². The van der Waals surface area contributed by atoms with Gasteiger partial charge in [0.1, 0.15) is 23.2 Å². The second kappa shape index (κ2) is 7.93. The first-order valence-corrected chi connectivity index (χ1v) is 9.64. The third-order valence-corrected chi connectivity index (χ3v) is 5.03. The molecule has 0 spiro atoms. The highest BCUT2D eigenvalue weighted by Crippen LogP contribution is 2.30. The highest BCUT2D eigenvalue weighted by atomic mass is 35.5. The van der Waals surface area contributed by atoms with E-state index in [-0.39, 0.29) is 16.4 Å². The molecule has 2 aromatic carbocycles. The van der Waals surface area contributed by atoms with Crippen molar-refractivity contribution >= 4 is 40.0 Å². The summed E-state index contributed by atoms with van der Waals surface area (Å²) in [5.74, 6) is -0.987. The SMILES string of the molecule is Cc1cc(F)cc([C@@H](O)C(=O)Nc2ccc(-n3nc(C)c4ncnc(N)c43)c(Cl)c2)c1. The Balaban J connectivity index is 1.62. The summed E-state index contributed by atoms with van der Waals surface area (Å²) in [7, 11) is 0. The Morgan fingerprint density at radius 1 is 1.23 bits per heavy atom. The van der Waals surface area contributed by atoms with Crippen molar-refractivity contribution in [3.05, 3.63) is 70.4 Å². The molecule has 0 unspecified atom stereocenters. The van der Waals surface area contributed by atoms with E-state index in [2.05, 4.69) is 20.4 Å². The lowest BCUT2D eigenvalue weighted by atomic mass is 10.1. The monoisotopic (exact) mass is 440 g/mol. The summed E-state index contributed by atoms with van der Waals surface area (Å²) in [5, 5.41) is 17.6. The molecule has 4 aromatic rings. The third kappa shape index (κ3) is 3.92. The van der Waals surface area contributed by atoms with Crippen LogP contribution in [0.3, 0.4) is 0 Å². The summed E-state index contributed by atoms with van der Waals surface area (Å²) in [4.78, 5) is 20.7. The fraction of sp³-hybridized carbons (Fsp3) is 0.143. The van der Waals surface area contributed by atoms with Gasteiger partial charge in [0.2, 0.25) is 0 Å². The van der Waals surface area contributed by atoms with Crippen LogP contribution in [-0.2, 0) is 4.79 Å². The van der Waals surface area contributed by atoms with Crippen LogP contribution >= 0.6 is 11.6 Å². The van der Waals surface area contributed by atoms with Crippen LogP contribution in [0, 0.1) is 19.7 Å². The van der Waals surface area contributed by atoms with Crippen molar-refractivity contribution in [2.45, 2.75) is 20.0 Å². The Bertz CT molecular complexity index is 1300. The van der Waals surface area contributed by atoms with Gasteiger partial charge >= 0.3 is 0 Å². The van der Waals surface area contributed by atoms with Gasteiger partial charge in [-0.05, 0) is 55.3 Å². The van der Waals surface area contributed by atoms with Crippen LogP contribution in [0.4, 0.5) is 15.9 Å². The Hall–Kier alpha value is -3.56. The van der Waals surface area contributed by atoms with Gasteiger partial charge < -0.3 is 16.2 Å². The third-order valence-electron chi connectivity index (χ3n) is 4.73. The van der Waals surface area contributed by atoms with E-state index >= 15 is 0 Å². The molecule has 0 bridgehead atoms. The molecule has 4 N–H and O–H groups in total. The Morgan fingerprint density at radius 3 is 2.71 bits per heavy atom. The number of hydrogen-bond acceptors (Lipinski definition) is 6. The smallest absolute Gasteiger partial charge is 0.257 e. The molecule has 0 saturated carbocycles. The Labute approximate surface area is 181 Å². The first-order valence-electron chi connectivity index (χ1n) is 9.26. The number of aromatic nitrogens is 4. The number of amides is 1. The molecule has 0 aliphatic rings. The van der Waals surface area contributed by atoms with E-state index in [9.17, 15) is 14.3 Å². The molecule has 0 fully saturated rings. The van der Waals surface area contributed by atoms with Gasteiger partial charge in [-0.3, -0.25) is 4.79 Å². The number of aliphatic hydroxyl groups is 1. The first-order chi connectivity index (χ1) is 14.7. The molecule has 0 aliphatic carbocycles. The molecule has 2 aromatic heterocycles. The van der Waals surface area contributed by atoms with Crippen molar-refractivity contribution in [1.29, 1.82) is 0 Å². The Morgan fingerprint density at radius 2 is 2.00 bits per heavy atom. The molecule has 1 amide bonds. The standard InChI is InChI=1S/C21H18ClFN6O2/c1-10-5-12(7-13(23)6-10)19(30)21(31)27-14-3-4-16(15(22)8-14)29-18-17(11(2)28-29)25-9-26-20(18)24/h3-9,19,30H,1-2H3,(H,27,31)(H2,24,25,26)/t19-/m1/s1. The maximum atomic E-state index is 13.6. The topological polar surface area (TPSA) is 119 Å². The fourth-order valence-electron chi connectivity index (χ4n) is 3.33. The van der Waals surface area contributed by atoms with Gasteiger partial charge in [0.15, 0.2) is 11.9 Å². The van der Waals surface area contributed by atoms with E-state index in [1.54, 1.807) is 32.0 Å². The molecule has 0 saturated heterocycles. The van der Waals surface area contributed by atoms with E-state index < -0.39 is 17.8 Å². The van der Waals surface area contributed by atoms with Crippen molar-refractivity contribution in [3.8, 4) is 5.69 Å². The lowest BCUT2D eigenvalue weighted by Crippen LogP contribution is -2.21. The van der Waals surface area contributed by atoms with E-state index in [0.717, 1.165) is 6.07 Å². The van der Waals surface area contributed by atoms with Crippen LogP contribution in [-0.4, -0.2) is 30.8 Å². The molecule has 158 valence electrons. The maximum Gasteiger partial charge on any atom is 0.257 e. The van der Waals surface area contributed by atoms with Gasteiger partial charge in [-0.2, -0.15) is 5.10 Å². The molecule has 0 radical (unpaired) electrons. The lowest BCUT2D eigenvalue weighted by molar-refractivity contribution is -0.124. The predicted molar refractivity (Wildman–Crippen MR) is 116 cm³/mol. The van der Waals surface area contributed by atoms with E-state index in [1.807, 2.05) is 0 Å². The van der Waals surface area contributed by atoms with Crippen molar-refractivity contribution < 1.29 is 14.3 Å². The second-order valence-corrected chi connectivity index (χ2v) is 7.48. The highest BCUT2D eigenvalue weighted by Gasteiger charge is 2.20. The summed E-state index contributed by atoms with van der Waals surface area (Å²) in [6.45, 7) is 3.47. The van der Waals surface area contributed by atoms with Crippen molar-refractivity contribution in [3.63, 3.8) is 0 Å². The number of rotatable bonds is 4. The largest absolute Gasteiger partial charge is 0.382 e. The molecular weight excluding hydrogens is 423 g/mol. The zero-order chi connectivity index (χ0) is 22.3. The summed E-state index contributed by atoms with van der Waals surface area (Å²) < 4.78 is 15.1. The van der Waals surface area contributed by atoms with Gasteiger partial charge in [-0.25, -0.2) is 19.0 Å². The van der Waals surface area contributed by atoms with Crippen LogP contribution in [0.25, 0.3) is 16.7 Å². The zero-order valence-electron chi connectivity index (χ0n) is 16.6. The molecule has 8 nitrogen and oxygen atoms in total. The number of nitrogens with zero attached hydrogens (tertiary/aromatic N) is 4. The van der Waals surface area contributed by atoms with E-state index in [1.165, 1.54) is 23.1 Å². The number of halogens is 2. The van der Waals surface area contributed by atoms with Crippen LogP contribution in [0.5, 0.6) is 0 Å². The number of nitrogens with one attached hydrogen (secondary N) is 1. The minimum atomic E-state index is -1.54. The number of fused-ring (bicyclic) bond motifs is 1. The first kappa shape index (κ1) is 20.7. The number of benzene rings is 2. The molecule has 2 heterocycles. The van der Waals surface area contributed by atoms with Crippen molar-refractivity contribution in [2.75, 3.05) is 11.1 Å². The minimum Gasteiger partial charge on any atom is -0.382 e. The number of hydrogen-bond donors (Lipinski definition) is 3. The average Bonchev–Trinajstić information content (AvgIpc) is 3.04. The lowest BCUT2D eigenvalue weighted by Gasteiger charge is -2.14. The fourth-order valence-corrected chi connectivity index (χ4v) is 3.59. The van der Waals surface area contributed by atoms with Crippen LogP contribution < -0.4 is 11.1 Å². The minimum absolute atomic E-state index is 0.159. The maximum absolute atomic E-state index is 13.6. The number of carbonyl (C=O) groups excluding carboxylic acids is 1. The normalized spacial score (nSPS) is 12.2. The van der Waals surface area contributed by atoms with Gasteiger partial charge in [0.25, 0.3) is 5.91 Å². The van der Waals surface area contributed by atoms with E-state index in [4.69, 9.17) is 17.3 Å². The second-order valence-electron chi connectivity index (χ2n) is 7.07. The van der Waals surface area contributed by atoms with Gasteiger partial charge in [0.05, 0.1) is 16.4 Å². The Kier molecular flexibility index (Phi) is 5.30. The molecule has 10 heteroatoms. The number of nitrogens with two attached hydrogens (primary N) is 1. The molecule has 1 atom stereocenters. The van der Waals surface area contributed by atoms with Gasteiger partial charge in [-0.15, -0.1) is 0 Å². The van der Waals surface area contributed by atoms with Crippen LogP contribution in [0.15, 0.2) is 42.7 Å². The molecule has 0 aliphatic heterocycles. The summed E-state index contributed by atoms with van der Waals surface area (Å²) in [6.07, 6.45) is -0.176. The van der Waals surface area contributed by atoms with Gasteiger partial charge in [0, 0.05) is 5.69 Å². The van der Waals surface area contributed by atoms with Crippen molar-refractivity contribution in [2.24, 2.45) is 0 Å². The number of aryl methyl sites for hydroxylation is 2. The van der Waals surface area contributed by atoms with E-state index in [0.29, 0.717) is 33.7 Å². The molecule has 31 heavy (non-hydrogen) atoms. The summed E-state index contributed by atoms with van der Waals surface area (Å²) >= 11 is 6.44. The number of carbonyl (C=O) groups is 1. The number of aliphatic hydroxyl groups excluding tert-OH is 1. The average molecular weight is 441 g/mol. The quantitative estimate of drug-likeness (QED) is 0.447. The van der Waals surface area contributed by atoms with Crippen LogP contribution in [0.2, 0.25) is 5.02 Å². The summed E-state index contributed by atoms with van der Waals surface area (Å²) in [5.41, 5.74) is 9.41. The molecular formula is C21H18ClFN6O2. The summed E-state index contributed by atoms with van der Waals surface area (Å²) in [6, 6.07) is 8.73. The number of anilines is 2. The highest BCUT2D eigenvalue weighted by molar-refractivity contribution is 6.32. The van der Waals surface area contributed by atoms with Crippen LogP contribution in [0.1, 0.15) is 22.9 Å². The number of nitrogen functional groups attached to an aromatic ring is 1. The zero-order valence-corrected chi connectivity index (χ0v) is 17.4.